The number of carbonyl (C=O) groups is 3. The molecule has 2 atom stereocenters. The number of hydrogen-bond donors (Lipinski definition) is 2. The second-order valence-electron chi connectivity index (χ2n) is 11.4. The fraction of sp³-hybridized carbons (Fsp3) is 0.714. The Morgan fingerprint density at radius 2 is 1.74 bits per heavy atom. The number of hydrogen-bond acceptors (Lipinski definition) is 6. The highest BCUT2D eigenvalue weighted by Crippen LogP contribution is 2.31. The molecular formula is C28H42N4O5S. The predicted molar refractivity (Wildman–Crippen MR) is 144 cm³/mol. The standard InChI is InChI=1S/C28H42N4O5S/c1-21-13-15-23(24(33)20-32(21)38(36,37)26-12-6-9-19-29-26)30-27(35)28(17-7-3-8-18-28)31-25(34)16-14-22-10-4-2-5-11-22/h6,9,12,19,21-23H,2-5,7-8,10-11,13-18,20H2,1H3,(H,30,35)(H,31,34). The van der Waals surface area contributed by atoms with Crippen molar-refractivity contribution in [3.8, 4) is 0 Å². The summed E-state index contributed by atoms with van der Waals surface area (Å²) in [4.78, 5) is 43.8. The van der Waals surface area contributed by atoms with E-state index in [1.54, 1.807) is 19.1 Å². The molecule has 10 heteroatoms. The second-order valence-corrected chi connectivity index (χ2v) is 13.2. The summed E-state index contributed by atoms with van der Waals surface area (Å²) in [6.45, 7) is 1.44. The second kappa shape index (κ2) is 12.7. The molecule has 0 radical (unpaired) electrons. The van der Waals surface area contributed by atoms with Crippen molar-refractivity contribution in [1.29, 1.82) is 0 Å². The van der Waals surface area contributed by atoms with Crippen molar-refractivity contribution in [2.75, 3.05) is 6.54 Å². The lowest BCUT2D eigenvalue weighted by atomic mass is 9.80. The Bertz CT molecular complexity index is 1080. The smallest absolute Gasteiger partial charge is 0.261 e. The zero-order valence-electron chi connectivity index (χ0n) is 22.5. The van der Waals surface area contributed by atoms with Gasteiger partial charge in [0.25, 0.3) is 10.0 Å². The van der Waals surface area contributed by atoms with Crippen LogP contribution in [0.3, 0.4) is 0 Å². The van der Waals surface area contributed by atoms with Gasteiger partial charge >= 0.3 is 0 Å². The van der Waals surface area contributed by atoms with Gasteiger partial charge in [0, 0.05) is 18.7 Å². The van der Waals surface area contributed by atoms with Crippen molar-refractivity contribution in [1.82, 2.24) is 19.9 Å². The largest absolute Gasteiger partial charge is 0.344 e. The predicted octanol–water partition coefficient (Wildman–Crippen LogP) is 3.49. The molecule has 3 aliphatic rings. The molecule has 2 aliphatic carbocycles. The van der Waals surface area contributed by atoms with Crippen molar-refractivity contribution in [2.45, 2.75) is 119 Å². The normalized spacial score (nSPS) is 25.3. The number of Topliss-reactive ketones (excluding diaryl/α,β-unsaturated/α-hetero) is 1. The van der Waals surface area contributed by atoms with Crippen LogP contribution in [0.4, 0.5) is 0 Å². The van der Waals surface area contributed by atoms with Crippen LogP contribution in [-0.4, -0.2) is 59.5 Å². The van der Waals surface area contributed by atoms with Gasteiger partial charge in [-0.2, -0.15) is 4.31 Å². The molecule has 0 aromatic carbocycles. The van der Waals surface area contributed by atoms with Gasteiger partial charge < -0.3 is 10.6 Å². The van der Waals surface area contributed by atoms with E-state index in [9.17, 15) is 22.8 Å². The SMILES string of the molecule is CC1CCC(NC(=O)C2(NC(=O)CCC3CCCCC3)CCCCC2)C(=O)CN1S(=O)(=O)c1ccccn1. The summed E-state index contributed by atoms with van der Waals surface area (Å²) in [5, 5.41) is 5.90. The first-order chi connectivity index (χ1) is 18.2. The van der Waals surface area contributed by atoms with Gasteiger partial charge in [0.15, 0.2) is 10.8 Å². The molecule has 1 aliphatic heterocycles. The van der Waals surface area contributed by atoms with Gasteiger partial charge in [-0.1, -0.05) is 57.4 Å². The third-order valence-corrected chi connectivity index (χ3v) is 10.5. The van der Waals surface area contributed by atoms with Crippen LogP contribution in [0.15, 0.2) is 29.4 Å². The fourth-order valence-corrected chi connectivity index (χ4v) is 7.79. The van der Waals surface area contributed by atoms with Gasteiger partial charge in [-0.05, 0) is 57.1 Å². The summed E-state index contributed by atoms with van der Waals surface area (Å²) in [5.41, 5.74) is -1.01. The van der Waals surface area contributed by atoms with Gasteiger partial charge in [0.2, 0.25) is 11.8 Å². The van der Waals surface area contributed by atoms with Gasteiger partial charge in [0.1, 0.15) is 5.54 Å². The van der Waals surface area contributed by atoms with Crippen LogP contribution in [0, 0.1) is 5.92 Å². The molecule has 2 heterocycles. The molecular weight excluding hydrogens is 504 g/mol. The van der Waals surface area contributed by atoms with E-state index in [1.165, 1.54) is 48.7 Å². The maximum absolute atomic E-state index is 13.6. The molecule has 1 aromatic rings. The molecule has 9 nitrogen and oxygen atoms in total. The third-order valence-electron chi connectivity index (χ3n) is 8.61. The Labute approximate surface area is 226 Å². The molecule has 1 saturated heterocycles. The number of carbonyl (C=O) groups excluding carboxylic acids is 3. The van der Waals surface area contributed by atoms with E-state index in [4.69, 9.17) is 0 Å². The van der Waals surface area contributed by atoms with E-state index in [-0.39, 0.29) is 29.2 Å². The molecule has 210 valence electrons. The van der Waals surface area contributed by atoms with E-state index in [2.05, 4.69) is 15.6 Å². The van der Waals surface area contributed by atoms with E-state index in [0.29, 0.717) is 38.0 Å². The molecule has 0 bridgehead atoms. The number of pyridine rings is 1. The first kappa shape index (κ1) is 28.7. The minimum absolute atomic E-state index is 0.0962. The quantitative estimate of drug-likeness (QED) is 0.514. The highest BCUT2D eigenvalue weighted by atomic mass is 32.2. The van der Waals surface area contributed by atoms with E-state index in [0.717, 1.165) is 25.7 Å². The third kappa shape index (κ3) is 6.81. The Morgan fingerprint density at radius 1 is 1.03 bits per heavy atom. The summed E-state index contributed by atoms with van der Waals surface area (Å²) in [6.07, 6.45) is 13.3. The van der Waals surface area contributed by atoms with Crippen LogP contribution >= 0.6 is 0 Å². The van der Waals surface area contributed by atoms with Gasteiger partial charge in [0.05, 0.1) is 12.6 Å². The molecule has 2 N–H and O–H groups in total. The topological polar surface area (TPSA) is 126 Å². The highest BCUT2D eigenvalue weighted by Gasteiger charge is 2.43. The molecule has 38 heavy (non-hydrogen) atoms. The first-order valence-corrected chi connectivity index (χ1v) is 15.7. The Hall–Kier alpha value is -2.33. The minimum Gasteiger partial charge on any atom is -0.344 e. The molecule has 2 saturated carbocycles. The van der Waals surface area contributed by atoms with Crippen molar-refractivity contribution >= 4 is 27.6 Å². The van der Waals surface area contributed by atoms with Crippen LogP contribution < -0.4 is 10.6 Å². The maximum Gasteiger partial charge on any atom is 0.261 e. The average Bonchev–Trinajstić information content (AvgIpc) is 3.07. The number of amides is 2. The molecule has 1 aromatic heterocycles. The van der Waals surface area contributed by atoms with Crippen molar-refractivity contribution in [3.05, 3.63) is 24.4 Å². The number of ketones is 1. The number of rotatable bonds is 8. The highest BCUT2D eigenvalue weighted by molar-refractivity contribution is 7.89. The van der Waals surface area contributed by atoms with E-state index >= 15 is 0 Å². The van der Waals surface area contributed by atoms with Crippen molar-refractivity contribution in [3.63, 3.8) is 0 Å². The fourth-order valence-electron chi connectivity index (χ4n) is 6.23. The summed E-state index contributed by atoms with van der Waals surface area (Å²) >= 11 is 0. The maximum atomic E-state index is 13.6. The lowest BCUT2D eigenvalue weighted by molar-refractivity contribution is -0.137. The van der Waals surface area contributed by atoms with Crippen LogP contribution in [0.1, 0.15) is 96.8 Å². The van der Waals surface area contributed by atoms with Gasteiger partial charge in [-0.25, -0.2) is 13.4 Å². The Kier molecular flexibility index (Phi) is 9.57. The monoisotopic (exact) mass is 546 g/mol. The van der Waals surface area contributed by atoms with Crippen LogP contribution in [0.5, 0.6) is 0 Å². The molecule has 0 spiro atoms. The minimum atomic E-state index is -3.95. The summed E-state index contributed by atoms with van der Waals surface area (Å²) in [6, 6.07) is 3.43. The van der Waals surface area contributed by atoms with Crippen molar-refractivity contribution < 1.29 is 22.8 Å². The summed E-state index contributed by atoms with van der Waals surface area (Å²) < 4.78 is 27.6. The zero-order chi connectivity index (χ0) is 27.2. The van der Waals surface area contributed by atoms with Crippen LogP contribution in [0.25, 0.3) is 0 Å². The number of aromatic nitrogens is 1. The first-order valence-electron chi connectivity index (χ1n) is 14.3. The zero-order valence-corrected chi connectivity index (χ0v) is 23.3. The van der Waals surface area contributed by atoms with Crippen LogP contribution in [0.2, 0.25) is 0 Å². The molecule has 2 amide bonds. The molecule has 3 fully saturated rings. The van der Waals surface area contributed by atoms with Gasteiger partial charge in [-0.15, -0.1) is 0 Å². The van der Waals surface area contributed by atoms with Crippen molar-refractivity contribution in [2.24, 2.45) is 5.92 Å². The summed E-state index contributed by atoms with van der Waals surface area (Å²) in [7, 11) is -3.95. The number of nitrogens with zero attached hydrogens (tertiary/aromatic N) is 2. The number of sulfonamides is 1. The van der Waals surface area contributed by atoms with Crippen LogP contribution in [-0.2, 0) is 24.4 Å². The molecule has 4 rings (SSSR count). The summed E-state index contributed by atoms with van der Waals surface area (Å²) in [5.74, 6) is -0.186. The van der Waals surface area contributed by atoms with E-state index < -0.39 is 27.6 Å². The lowest BCUT2D eigenvalue weighted by Gasteiger charge is -2.37. The Balaban J connectivity index is 1.41. The van der Waals surface area contributed by atoms with Gasteiger partial charge in [-0.3, -0.25) is 14.4 Å². The molecule has 2 unspecified atom stereocenters. The van der Waals surface area contributed by atoms with E-state index in [1.807, 2.05) is 0 Å². The Morgan fingerprint density at radius 3 is 2.42 bits per heavy atom. The lowest BCUT2D eigenvalue weighted by Crippen LogP contribution is -2.62. The average molecular weight is 547 g/mol. The number of nitrogens with one attached hydrogen (secondary N) is 2.